The second kappa shape index (κ2) is 25.7. The molecule has 6 aromatic carbocycles. The molecule has 0 aliphatic carbocycles. The van der Waals surface area contributed by atoms with E-state index in [1.807, 2.05) is 104 Å². The molecule has 6 rings (SSSR count). The third-order valence-electron chi connectivity index (χ3n) is 12.1. The smallest absolute Gasteiger partial charge is 0.307 e. The molecule has 2 atom stereocenters. The molecule has 0 saturated heterocycles. The van der Waals surface area contributed by atoms with E-state index in [9.17, 15) is 18.4 Å². The van der Waals surface area contributed by atoms with Gasteiger partial charge in [0.05, 0.1) is 47.2 Å². The lowest BCUT2D eigenvalue weighted by Gasteiger charge is -2.24. The average Bonchev–Trinajstić information content (AvgIpc) is 3.37. The molecule has 0 unspecified atom stereocenters. The molecule has 0 saturated carbocycles. The Balaban J connectivity index is 0.000000267. The number of ether oxygens (including phenoxy) is 6. The largest absolute Gasteiger partial charge is 0.497 e. The summed E-state index contributed by atoms with van der Waals surface area (Å²) in [5.74, 6) is 7.12. The van der Waals surface area contributed by atoms with Crippen LogP contribution in [-0.4, -0.2) is 40.4 Å². The highest BCUT2D eigenvalue weighted by Gasteiger charge is 2.24. The van der Waals surface area contributed by atoms with E-state index in [0.717, 1.165) is 44.5 Å². The van der Waals surface area contributed by atoms with Gasteiger partial charge in [-0.25, -0.2) is 8.78 Å². The molecule has 0 fully saturated rings. The van der Waals surface area contributed by atoms with Crippen LogP contribution in [0, 0.1) is 23.5 Å². The molecular formula is C62H68F2O8. The minimum absolute atomic E-state index is 0.0539. The van der Waals surface area contributed by atoms with E-state index >= 15 is 0 Å². The van der Waals surface area contributed by atoms with Gasteiger partial charge in [-0.05, 0) is 142 Å². The fourth-order valence-corrected chi connectivity index (χ4v) is 8.20. The normalized spacial score (nSPS) is 12.1. The van der Waals surface area contributed by atoms with Crippen LogP contribution in [0.2, 0.25) is 0 Å². The van der Waals surface area contributed by atoms with E-state index in [2.05, 4.69) is 53.4 Å². The lowest BCUT2D eigenvalue weighted by Crippen LogP contribution is -2.13. The van der Waals surface area contributed by atoms with E-state index in [-0.39, 0.29) is 59.1 Å². The summed E-state index contributed by atoms with van der Waals surface area (Å²) >= 11 is 0. The maximum Gasteiger partial charge on any atom is 0.307 e. The number of hydrogen-bond acceptors (Lipinski definition) is 8. The van der Waals surface area contributed by atoms with Crippen LogP contribution in [0.1, 0.15) is 113 Å². The van der Waals surface area contributed by atoms with Crippen molar-refractivity contribution in [3.05, 3.63) is 178 Å². The van der Waals surface area contributed by atoms with Crippen molar-refractivity contribution < 1.29 is 46.8 Å². The van der Waals surface area contributed by atoms with Crippen molar-refractivity contribution in [3.63, 3.8) is 0 Å². The topological polar surface area (TPSA) is 89.5 Å². The van der Waals surface area contributed by atoms with Crippen LogP contribution in [-0.2, 0) is 43.1 Å². The summed E-state index contributed by atoms with van der Waals surface area (Å²) in [6.07, 6.45) is 4.40. The van der Waals surface area contributed by atoms with Crippen LogP contribution in [0.4, 0.5) is 8.78 Å². The Morgan fingerprint density at radius 3 is 1.35 bits per heavy atom. The number of benzene rings is 6. The number of hydrogen-bond donors (Lipinski definition) is 0. The number of rotatable bonds is 17. The second-order valence-electron chi connectivity index (χ2n) is 19.3. The van der Waals surface area contributed by atoms with Gasteiger partial charge in [0.2, 0.25) is 0 Å². The van der Waals surface area contributed by atoms with Crippen LogP contribution >= 0.6 is 0 Å². The number of carbonyl (C=O) groups excluding carboxylic acids is 2. The molecule has 0 bridgehead atoms. The number of esters is 2. The Morgan fingerprint density at radius 1 is 0.542 bits per heavy atom. The van der Waals surface area contributed by atoms with E-state index in [1.54, 1.807) is 45.4 Å². The van der Waals surface area contributed by atoms with Gasteiger partial charge in [-0.2, -0.15) is 0 Å². The third-order valence-corrected chi connectivity index (χ3v) is 12.1. The lowest BCUT2D eigenvalue weighted by atomic mass is 9.81. The summed E-state index contributed by atoms with van der Waals surface area (Å²) in [4.78, 5) is 23.5. The van der Waals surface area contributed by atoms with Gasteiger partial charge in [-0.1, -0.05) is 108 Å². The van der Waals surface area contributed by atoms with Gasteiger partial charge in [0.15, 0.2) is 0 Å². The van der Waals surface area contributed by atoms with Gasteiger partial charge in [0.1, 0.15) is 47.8 Å². The van der Waals surface area contributed by atoms with Gasteiger partial charge in [-0.15, -0.1) is 5.92 Å². The van der Waals surface area contributed by atoms with E-state index < -0.39 is 0 Å². The second-order valence-corrected chi connectivity index (χ2v) is 19.3. The minimum atomic E-state index is -0.301. The number of allylic oxidation sites excluding steroid dienone is 2. The first-order valence-electron chi connectivity index (χ1n) is 23.9. The van der Waals surface area contributed by atoms with Gasteiger partial charge in [0, 0.05) is 17.0 Å². The first-order chi connectivity index (χ1) is 34.3. The first-order valence-corrected chi connectivity index (χ1v) is 23.9. The van der Waals surface area contributed by atoms with Gasteiger partial charge < -0.3 is 28.4 Å². The van der Waals surface area contributed by atoms with Crippen molar-refractivity contribution in [2.24, 2.45) is 0 Å². The molecule has 0 N–H and O–H groups in total. The molecule has 0 aromatic heterocycles. The Kier molecular flexibility index (Phi) is 19.8. The molecule has 10 heteroatoms. The fourth-order valence-electron chi connectivity index (χ4n) is 8.20. The zero-order valence-corrected chi connectivity index (χ0v) is 43.7. The first kappa shape index (κ1) is 55.5. The van der Waals surface area contributed by atoms with Gasteiger partial charge in [-0.3, -0.25) is 9.59 Å². The van der Waals surface area contributed by atoms with Crippen LogP contribution in [0.15, 0.2) is 133 Å². The highest BCUT2D eigenvalue weighted by molar-refractivity contribution is 5.74. The molecular weight excluding hydrogens is 911 g/mol. The minimum Gasteiger partial charge on any atom is -0.497 e. The standard InChI is InChI=1S/C31H35FO4.C31H33FO4/c2*1-7-8-23(18-30(33)35-6)22-10-12-24(13-11-22)36-20-21-9-15-28(31(2,3)4)26(17-21)27-19-25(34-5)14-16-29(27)32/h7-17,19,23H,18,20H2,1-6H3;9-17,19,23H,18,20H2,1-6H3/b8-7-;/t2*23-/m00/s1. The maximum absolute atomic E-state index is 14.9. The predicted molar refractivity (Wildman–Crippen MR) is 283 cm³/mol. The summed E-state index contributed by atoms with van der Waals surface area (Å²) in [5.41, 5.74) is 8.17. The quantitative estimate of drug-likeness (QED) is 0.0507. The molecule has 0 spiro atoms. The summed E-state index contributed by atoms with van der Waals surface area (Å²) in [5, 5.41) is 0. The molecule has 0 amide bonds. The van der Waals surface area contributed by atoms with Crippen molar-refractivity contribution in [1.82, 2.24) is 0 Å². The Bertz CT molecular complexity index is 2860. The SMILES string of the molecule is C/C=C\[C@@H](CC(=O)OC)c1ccc(OCc2ccc(C(C)(C)C)c(-c3cc(OC)ccc3F)c2)cc1.CC#C[C@@H](CC(=O)OC)c1ccc(OCc2ccc(C(C)(C)C)c(-c3cc(OC)ccc3F)c2)cc1. The third kappa shape index (κ3) is 15.3. The molecule has 8 nitrogen and oxygen atoms in total. The van der Waals surface area contributed by atoms with E-state index in [1.165, 1.54) is 26.4 Å². The summed E-state index contributed by atoms with van der Waals surface area (Å²) in [6, 6.07) is 36.9. The molecule has 378 valence electrons. The van der Waals surface area contributed by atoms with Crippen molar-refractivity contribution in [3.8, 4) is 57.1 Å². The molecule has 0 radical (unpaired) electrons. The van der Waals surface area contributed by atoms with Gasteiger partial charge >= 0.3 is 11.9 Å². The summed E-state index contributed by atoms with van der Waals surface area (Å²) in [7, 11) is 5.92. The number of halogens is 2. The molecule has 0 aliphatic heterocycles. The van der Waals surface area contributed by atoms with Crippen LogP contribution in [0.5, 0.6) is 23.0 Å². The van der Waals surface area contributed by atoms with Crippen molar-refractivity contribution in [1.29, 1.82) is 0 Å². The summed E-state index contributed by atoms with van der Waals surface area (Å²) < 4.78 is 62.1. The van der Waals surface area contributed by atoms with Crippen molar-refractivity contribution in [2.75, 3.05) is 28.4 Å². The van der Waals surface area contributed by atoms with Crippen LogP contribution in [0.25, 0.3) is 22.3 Å². The fraction of sp³-hybridized carbons (Fsp3) is 0.323. The van der Waals surface area contributed by atoms with E-state index in [4.69, 9.17) is 28.4 Å². The Morgan fingerprint density at radius 2 is 0.958 bits per heavy atom. The molecule has 0 heterocycles. The van der Waals surface area contributed by atoms with Crippen LogP contribution < -0.4 is 18.9 Å². The predicted octanol–water partition coefficient (Wildman–Crippen LogP) is 14.6. The van der Waals surface area contributed by atoms with Crippen molar-refractivity contribution >= 4 is 11.9 Å². The lowest BCUT2D eigenvalue weighted by molar-refractivity contribution is -0.141. The van der Waals surface area contributed by atoms with Gasteiger partial charge in [0.25, 0.3) is 0 Å². The number of carbonyl (C=O) groups is 2. The molecule has 72 heavy (non-hydrogen) atoms. The zero-order valence-electron chi connectivity index (χ0n) is 43.7. The Labute approximate surface area is 425 Å². The molecule has 0 aliphatic rings. The van der Waals surface area contributed by atoms with Crippen LogP contribution in [0.3, 0.4) is 0 Å². The average molecular weight is 979 g/mol. The highest BCUT2D eigenvalue weighted by atomic mass is 19.1. The summed E-state index contributed by atoms with van der Waals surface area (Å²) in [6.45, 7) is 17.0. The number of methoxy groups -OCH3 is 4. The van der Waals surface area contributed by atoms with Crippen molar-refractivity contribution in [2.45, 2.75) is 104 Å². The highest BCUT2D eigenvalue weighted by Crippen LogP contribution is 2.39. The maximum atomic E-state index is 14.9. The van der Waals surface area contributed by atoms with E-state index in [0.29, 0.717) is 47.3 Å². The zero-order chi connectivity index (χ0) is 52.6. The molecule has 6 aromatic rings. The Hall–Kier alpha value is -7.38. The monoisotopic (exact) mass is 978 g/mol.